The van der Waals surface area contributed by atoms with E-state index in [1.54, 1.807) is 0 Å². The average molecular weight is 158 g/mol. The molecule has 0 saturated heterocycles. The van der Waals surface area contributed by atoms with E-state index in [2.05, 4.69) is 26.5 Å². The summed E-state index contributed by atoms with van der Waals surface area (Å²) in [6.45, 7) is 4.71. The van der Waals surface area contributed by atoms with E-state index in [0.29, 0.717) is 0 Å². The molecule has 0 aliphatic heterocycles. The maximum absolute atomic E-state index is 4.23. The Morgan fingerprint density at radius 3 is 2.60 bits per heavy atom. The van der Waals surface area contributed by atoms with Crippen molar-refractivity contribution in [2.24, 2.45) is 17.8 Å². The summed E-state index contributed by atoms with van der Waals surface area (Å²) in [6, 6.07) is 0. The van der Waals surface area contributed by atoms with Crippen molar-refractivity contribution in [3.8, 4) is 0 Å². The Labute approximate surface area is 69.8 Å². The molecule has 0 aromatic carbocycles. The smallest absolute Gasteiger partial charge is 0.00954 e. The summed E-state index contributed by atoms with van der Waals surface area (Å²) in [4.78, 5) is 0. The van der Waals surface area contributed by atoms with Crippen molar-refractivity contribution >= 4 is 12.6 Å². The first-order chi connectivity index (χ1) is 4.74. The minimum absolute atomic E-state index is 0.910. The normalized spacial score (nSPS) is 33.9. The average Bonchev–Trinajstić information content (AvgIpc) is 2.47. The maximum atomic E-state index is 4.23. The van der Waals surface area contributed by atoms with Crippen LogP contribution >= 0.6 is 12.6 Å². The van der Waals surface area contributed by atoms with Crippen LogP contribution in [-0.4, -0.2) is 5.75 Å². The Morgan fingerprint density at radius 2 is 2.20 bits per heavy atom. The van der Waals surface area contributed by atoms with E-state index in [1.165, 1.54) is 19.3 Å². The lowest BCUT2D eigenvalue weighted by molar-refractivity contribution is 0.472. The lowest BCUT2D eigenvalue weighted by Gasteiger charge is -2.07. The molecule has 0 aromatic rings. The van der Waals surface area contributed by atoms with E-state index >= 15 is 0 Å². The van der Waals surface area contributed by atoms with E-state index in [0.717, 1.165) is 23.5 Å². The molecule has 0 radical (unpaired) electrons. The van der Waals surface area contributed by atoms with Gasteiger partial charge in [0.2, 0.25) is 0 Å². The summed E-state index contributed by atoms with van der Waals surface area (Å²) in [5.41, 5.74) is 0. The van der Waals surface area contributed by atoms with Gasteiger partial charge in [0.25, 0.3) is 0 Å². The molecule has 0 spiro atoms. The molecule has 10 heavy (non-hydrogen) atoms. The molecule has 3 atom stereocenters. The molecule has 0 amide bonds. The van der Waals surface area contributed by atoms with E-state index in [9.17, 15) is 0 Å². The van der Waals surface area contributed by atoms with E-state index in [4.69, 9.17) is 0 Å². The van der Waals surface area contributed by atoms with Gasteiger partial charge in [-0.2, -0.15) is 12.6 Å². The fraction of sp³-hybridized carbons (Fsp3) is 1.00. The fourth-order valence-electron chi connectivity index (χ4n) is 1.58. The van der Waals surface area contributed by atoms with Crippen molar-refractivity contribution in [1.29, 1.82) is 0 Å². The minimum atomic E-state index is 0.910. The highest BCUT2D eigenvalue weighted by atomic mass is 32.1. The highest BCUT2D eigenvalue weighted by molar-refractivity contribution is 7.80. The molecule has 1 heteroatoms. The zero-order valence-corrected chi connectivity index (χ0v) is 7.90. The third-order valence-corrected chi connectivity index (χ3v) is 2.86. The molecule has 1 aliphatic rings. The van der Waals surface area contributed by atoms with Crippen molar-refractivity contribution in [3.63, 3.8) is 0 Å². The molecule has 3 unspecified atom stereocenters. The van der Waals surface area contributed by atoms with Gasteiger partial charge in [0.05, 0.1) is 0 Å². The second-order valence-corrected chi connectivity index (χ2v) is 4.27. The number of thiol groups is 1. The Hall–Kier alpha value is 0.350. The second kappa shape index (κ2) is 3.66. The number of hydrogen-bond donors (Lipinski definition) is 1. The van der Waals surface area contributed by atoms with Gasteiger partial charge in [-0.1, -0.05) is 13.8 Å². The van der Waals surface area contributed by atoms with Crippen LogP contribution in [-0.2, 0) is 0 Å². The lowest BCUT2D eigenvalue weighted by Crippen LogP contribution is -1.97. The lowest BCUT2D eigenvalue weighted by atomic mass is 10.0. The standard InChI is InChI=1S/C9H18S/c1-7(3-4-10)5-9-6-8(9)2/h7-10H,3-6H2,1-2H3. The predicted octanol–water partition coefficient (Wildman–Crippen LogP) is 2.99. The number of hydrogen-bond acceptors (Lipinski definition) is 1. The molecular weight excluding hydrogens is 140 g/mol. The van der Waals surface area contributed by atoms with Crippen molar-refractivity contribution in [2.75, 3.05) is 5.75 Å². The molecule has 1 fully saturated rings. The number of rotatable bonds is 4. The van der Waals surface area contributed by atoms with Crippen molar-refractivity contribution in [2.45, 2.75) is 33.1 Å². The quantitative estimate of drug-likeness (QED) is 0.597. The van der Waals surface area contributed by atoms with E-state index < -0.39 is 0 Å². The third-order valence-electron chi connectivity index (χ3n) is 2.60. The molecule has 0 heterocycles. The highest BCUT2D eigenvalue weighted by Crippen LogP contribution is 2.42. The largest absolute Gasteiger partial charge is 0.179 e. The van der Waals surface area contributed by atoms with E-state index in [1.807, 2.05) is 0 Å². The van der Waals surface area contributed by atoms with Crippen LogP contribution in [0.5, 0.6) is 0 Å². The molecule has 1 aliphatic carbocycles. The molecule has 0 nitrogen and oxygen atoms in total. The zero-order chi connectivity index (χ0) is 7.56. The van der Waals surface area contributed by atoms with Crippen LogP contribution in [0.15, 0.2) is 0 Å². The van der Waals surface area contributed by atoms with Crippen LogP contribution in [0.4, 0.5) is 0 Å². The maximum Gasteiger partial charge on any atom is -0.00954 e. The van der Waals surface area contributed by atoms with Gasteiger partial charge < -0.3 is 0 Å². The topological polar surface area (TPSA) is 0 Å². The van der Waals surface area contributed by atoms with Crippen molar-refractivity contribution in [3.05, 3.63) is 0 Å². The van der Waals surface area contributed by atoms with Gasteiger partial charge in [0.15, 0.2) is 0 Å². The summed E-state index contributed by atoms with van der Waals surface area (Å²) in [5, 5.41) is 0. The second-order valence-electron chi connectivity index (χ2n) is 3.83. The zero-order valence-electron chi connectivity index (χ0n) is 7.01. The summed E-state index contributed by atoms with van der Waals surface area (Å²) in [6.07, 6.45) is 4.23. The van der Waals surface area contributed by atoms with Crippen LogP contribution in [0.2, 0.25) is 0 Å². The first-order valence-corrected chi connectivity index (χ1v) is 4.98. The summed E-state index contributed by atoms with van der Waals surface area (Å²) in [7, 11) is 0. The van der Waals surface area contributed by atoms with Gasteiger partial charge >= 0.3 is 0 Å². The Balaban J connectivity index is 2.01. The molecule has 60 valence electrons. The van der Waals surface area contributed by atoms with Crippen LogP contribution in [0, 0.1) is 17.8 Å². The van der Waals surface area contributed by atoms with Crippen LogP contribution in [0.3, 0.4) is 0 Å². The molecular formula is C9H18S. The predicted molar refractivity (Wildman–Crippen MR) is 49.5 cm³/mol. The minimum Gasteiger partial charge on any atom is -0.179 e. The summed E-state index contributed by atoms with van der Waals surface area (Å²) < 4.78 is 0. The summed E-state index contributed by atoms with van der Waals surface area (Å²) in [5.74, 6) is 4.06. The first-order valence-electron chi connectivity index (χ1n) is 4.35. The van der Waals surface area contributed by atoms with Crippen LogP contribution in [0.1, 0.15) is 33.1 Å². The molecule has 0 aromatic heterocycles. The van der Waals surface area contributed by atoms with Gasteiger partial charge in [0.1, 0.15) is 0 Å². The Bertz CT molecular complexity index is 101. The molecule has 1 rings (SSSR count). The Kier molecular flexibility index (Phi) is 3.09. The summed E-state index contributed by atoms with van der Waals surface area (Å²) >= 11 is 4.23. The van der Waals surface area contributed by atoms with Crippen LogP contribution < -0.4 is 0 Å². The SMILES string of the molecule is CC(CCS)CC1CC1C. The molecule has 1 saturated carbocycles. The van der Waals surface area contributed by atoms with Gasteiger partial charge in [-0.25, -0.2) is 0 Å². The third kappa shape index (κ3) is 2.53. The van der Waals surface area contributed by atoms with Gasteiger partial charge in [-0.05, 0) is 42.8 Å². The van der Waals surface area contributed by atoms with E-state index in [-0.39, 0.29) is 0 Å². The van der Waals surface area contributed by atoms with Crippen molar-refractivity contribution in [1.82, 2.24) is 0 Å². The van der Waals surface area contributed by atoms with Crippen molar-refractivity contribution < 1.29 is 0 Å². The Morgan fingerprint density at radius 1 is 1.60 bits per heavy atom. The first kappa shape index (κ1) is 8.45. The monoisotopic (exact) mass is 158 g/mol. The van der Waals surface area contributed by atoms with Gasteiger partial charge in [-0.3, -0.25) is 0 Å². The fourth-order valence-corrected chi connectivity index (χ4v) is 2.02. The molecule has 0 N–H and O–H groups in total. The molecule has 0 bridgehead atoms. The highest BCUT2D eigenvalue weighted by Gasteiger charge is 2.32. The van der Waals surface area contributed by atoms with Crippen LogP contribution in [0.25, 0.3) is 0 Å². The van der Waals surface area contributed by atoms with Gasteiger partial charge in [-0.15, -0.1) is 0 Å². The van der Waals surface area contributed by atoms with Gasteiger partial charge in [0, 0.05) is 0 Å².